The van der Waals surface area contributed by atoms with Gasteiger partial charge in [-0.15, -0.1) is 17.0 Å². The number of aromatic hydroxyl groups is 1. The van der Waals surface area contributed by atoms with Gasteiger partial charge in [0.05, 0.1) is 13.2 Å². The van der Waals surface area contributed by atoms with E-state index in [1.165, 1.54) is 0 Å². The number of ketones is 1. The standard InChI is InChI=1S/C31H44N2O3.BrH/c1-9-12-20-17-33(29(32)27(20)23-14-11-10-13-21(23)19-36-8)18-26(34)22-15-24(30(2,3)4)28(35)25(16-22)31(5,6)7;/h10-11,13-16,20,27,32,35H,9,12,17-19H2,1-8H3;1H/t20-,27-;/m0./s1. The van der Waals surface area contributed by atoms with Crippen molar-refractivity contribution in [1.29, 1.82) is 5.41 Å². The van der Waals surface area contributed by atoms with Crippen molar-refractivity contribution in [3.8, 4) is 5.75 Å². The van der Waals surface area contributed by atoms with Gasteiger partial charge in [0.15, 0.2) is 5.78 Å². The van der Waals surface area contributed by atoms with Crippen LogP contribution in [0.4, 0.5) is 0 Å². The summed E-state index contributed by atoms with van der Waals surface area (Å²) in [6.07, 6.45) is 2.03. The minimum Gasteiger partial charge on any atom is -0.507 e. The van der Waals surface area contributed by atoms with Gasteiger partial charge >= 0.3 is 0 Å². The highest BCUT2D eigenvalue weighted by molar-refractivity contribution is 8.93. The van der Waals surface area contributed by atoms with Crippen LogP contribution in [0.2, 0.25) is 0 Å². The van der Waals surface area contributed by atoms with Gasteiger partial charge in [0.25, 0.3) is 0 Å². The number of ether oxygens (including phenoxy) is 1. The molecule has 0 bridgehead atoms. The van der Waals surface area contributed by atoms with Gasteiger partial charge in [-0.2, -0.15) is 0 Å². The number of phenolic OH excluding ortho intramolecular Hbond substituents is 1. The van der Waals surface area contributed by atoms with Crippen LogP contribution in [0.15, 0.2) is 36.4 Å². The lowest BCUT2D eigenvalue weighted by Crippen LogP contribution is -2.32. The van der Waals surface area contributed by atoms with Crippen molar-refractivity contribution in [2.75, 3.05) is 20.2 Å². The lowest BCUT2D eigenvalue weighted by Gasteiger charge is -2.28. The molecule has 37 heavy (non-hydrogen) atoms. The Kier molecular flexibility index (Phi) is 10.2. The summed E-state index contributed by atoms with van der Waals surface area (Å²) < 4.78 is 5.44. The zero-order chi connectivity index (χ0) is 26.8. The lowest BCUT2D eigenvalue weighted by molar-refractivity contribution is 0.0963. The van der Waals surface area contributed by atoms with Crippen molar-refractivity contribution in [2.45, 2.75) is 84.7 Å². The molecule has 204 valence electrons. The van der Waals surface area contributed by atoms with Gasteiger partial charge in [0.2, 0.25) is 0 Å². The van der Waals surface area contributed by atoms with Crippen LogP contribution in [0.25, 0.3) is 0 Å². The Labute approximate surface area is 233 Å². The van der Waals surface area contributed by atoms with Gasteiger partial charge in [-0.25, -0.2) is 0 Å². The lowest BCUT2D eigenvalue weighted by atomic mass is 9.78. The number of hydrogen-bond donors (Lipinski definition) is 2. The molecule has 1 aliphatic heterocycles. The molecule has 1 saturated heterocycles. The van der Waals surface area contributed by atoms with Crippen molar-refractivity contribution in [3.63, 3.8) is 0 Å². The topological polar surface area (TPSA) is 73.6 Å². The maximum Gasteiger partial charge on any atom is 0.182 e. The Morgan fingerprint density at radius 1 is 1.08 bits per heavy atom. The van der Waals surface area contributed by atoms with E-state index in [0.717, 1.165) is 35.1 Å². The molecule has 6 heteroatoms. The third-order valence-electron chi connectivity index (χ3n) is 7.29. The molecule has 0 saturated carbocycles. The number of carbonyl (C=O) groups excluding carboxylic acids is 1. The normalized spacial score (nSPS) is 18.2. The van der Waals surface area contributed by atoms with Gasteiger partial charge in [-0.05, 0) is 46.4 Å². The first kappa shape index (κ1) is 31.0. The highest BCUT2D eigenvalue weighted by Gasteiger charge is 2.39. The molecule has 1 heterocycles. The summed E-state index contributed by atoms with van der Waals surface area (Å²) in [7, 11) is 1.70. The molecular formula is C31H45BrN2O3. The second-order valence-electron chi connectivity index (χ2n) is 12.3. The van der Waals surface area contributed by atoms with Crippen LogP contribution >= 0.6 is 17.0 Å². The Balaban J connectivity index is 0.00000481. The molecular weight excluding hydrogens is 528 g/mol. The first-order valence-corrected chi connectivity index (χ1v) is 13.1. The average Bonchev–Trinajstić information content (AvgIpc) is 3.07. The molecule has 2 aromatic rings. The zero-order valence-electron chi connectivity index (χ0n) is 23.8. The summed E-state index contributed by atoms with van der Waals surface area (Å²) in [5.41, 5.74) is 3.80. The average molecular weight is 574 g/mol. The summed E-state index contributed by atoms with van der Waals surface area (Å²) in [5, 5.41) is 20.2. The molecule has 2 N–H and O–H groups in total. The highest BCUT2D eigenvalue weighted by atomic mass is 79.9. The first-order chi connectivity index (χ1) is 16.8. The molecule has 5 nitrogen and oxygen atoms in total. The Bertz CT molecular complexity index is 1080. The fourth-order valence-corrected chi connectivity index (χ4v) is 5.41. The second-order valence-corrected chi connectivity index (χ2v) is 12.3. The van der Waals surface area contributed by atoms with E-state index in [2.05, 4.69) is 60.6 Å². The SMILES string of the molecule is Br.CCC[C@H]1CN(CC(=O)c2cc(C(C)(C)C)c(O)c(C(C)(C)C)c2)C(=N)[C@@H]1c1ccccc1COC. The fraction of sp³-hybridized carbons (Fsp3) is 0.548. The maximum absolute atomic E-state index is 13.7. The fourth-order valence-electron chi connectivity index (χ4n) is 5.41. The molecule has 0 aliphatic carbocycles. The maximum atomic E-state index is 13.7. The number of nitrogens with zero attached hydrogens (tertiary/aromatic N) is 1. The number of methoxy groups -OCH3 is 1. The van der Waals surface area contributed by atoms with Crippen molar-refractivity contribution < 1.29 is 14.6 Å². The number of halogens is 1. The van der Waals surface area contributed by atoms with E-state index in [4.69, 9.17) is 10.1 Å². The number of benzene rings is 2. The van der Waals surface area contributed by atoms with Gasteiger partial charge in [0, 0.05) is 36.3 Å². The number of likely N-dealkylation sites (tertiary alicyclic amines) is 1. The van der Waals surface area contributed by atoms with Crippen molar-refractivity contribution in [2.24, 2.45) is 5.92 Å². The Morgan fingerprint density at radius 2 is 1.65 bits per heavy atom. The molecule has 0 radical (unpaired) electrons. The van der Waals surface area contributed by atoms with E-state index < -0.39 is 0 Å². The van der Waals surface area contributed by atoms with E-state index in [9.17, 15) is 9.90 Å². The van der Waals surface area contributed by atoms with E-state index >= 15 is 0 Å². The number of carbonyl (C=O) groups is 1. The van der Waals surface area contributed by atoms with Crippen LogP contribution in [-0.2, 0) is 22.2 Å². The van der Waals surface area contributed by atoms with Crippen LogP contribution < -0.4 is 0 Å². The largest absolute Gasteiger partial charge is 0.507 e. The number of nitrogens with one attached hydrogen (secondary N) is 1. The van der Waals surface area contributed by atoms with Crippen LogP contribution in [0, 0.1) is 11.3 Å². The molecule has 1 fully saturated rings. The van der Waals surface area contributed by atoms with Gasteiger partial charge in [-0.3, -0.25) is 10.2 Å². The number of hydrogen-bond acceptors (Lipinski definition) is 4. The second kappa shape index (κ2) is 12.1. The highest BCUT2D eigenvalue weighted by Crippen LogP contribution is 2.41. The van der Waals surface area contributed by atoms with Crippen LogP contribution in [0.5, 0.6) is 5.75 Å². The van der Waals surface area contributed by atoms with E-state index in [-0.39, 0.29) is 57.7 Å². The molecule has 2 atom stereocenters. The van der Waals surface area contributed by atoms with Crippen LogP contribution in [0.3, 0.4) is 0 Å². The summed E-state index contributed by atoms with van der Waals surface area (Å²) in [6, 6.07) is 11.9. The Hall–Kier alpha value is -2.18. The Morgan fingerprint density at radius 3 is 2.16 bits per heavy atom. The number of Topliss-reactive ketones (excluding diaryl/α,β-unsaturated/α-hetero) is 1. The van der Waals surface area contributed by atoms with Crippen molar-refractivity contribution >= 4 is 28.6 Å². The molecule has 0 amide bonds. The van der Waals surface area contributed by atoms with Gasteiger partial charge < -0.3 is 14.7 Å². The van der Waals surface area contributed by atoms with Crippen molar-refractivity contribution in [1.82, 2.24) is 4.90 Å². The monoisotopic (exact) mass is 572 g/mol. The minimum absolute atomic E-state index is 0. The van der Waals surface area contributed by atoms with E-state index in [1.54, 1.807) is 7.11 Å². The van der Waals surface area contributed by atoms with E-state index in [0.29, 0.717) is 24.6 Å². The molecule has 0 unspecified atom stereocenters. The number of rotatable bonds is 8. The predicted octanol–water partition coefficient (Wildman–Crippen LogP) is 7.39. The third-order valence-corrected chi connectivity index (χ3v) is 7.29. The minimum atomic E-state index is -0.302. The van der Waals surface area contributed by atoms with E-state index in [1.807, 2.05) is 29.2 Å². The zero-order valence-corrected chi connectivity index (χ0v) is 25.5. The molecule has 0 spiro atoms. The summed E-state index contributed by atoms with van der Waals surface area (Å²) in [4.78, 5) is 15.6. The summed E-state index contributed by atoms with van der Waals surface area (Å²) >= 11 is 0. The van der Waals surface area contributed by atoms with Crippen molar-refractivity contribution in [3.05, 3.63) is 64.2 Å². The molecule has 2 aromatic carbocycles. The third kappa shape index (κ3) is 6.83. The predicted molar refractivity (Wildman–Crippen MR) is 158 cm³/mol. The van der Waals surface area contributed by atoms with Crippen LogP contribution in [-0.4, -0.2) is 41.8 Å². The summed E-state index contributed by atoms with van der Waals surface area (Å²) in [6.45, 7) is 15.9. The first-order valence-electron chi connectivity index (χ1n) is 13.1. The number of amidine groups is 1. The smallest absolute Gasteiger partial charge is 0.182 e. The van der Waals surface area contributed by atoms with Crippen LogP contribution in [0.1, 0.15) is 99.8 Å². The van der Waals surface area contributed by atoms with Gasteiger partial charge in [0.1, 0.15) is 11.6 Å². The van der Waals surface area contributed by atoms with Gasteiger partial charge in [-0.1, -0.05) is 79.2 Å². The number of phenols is 1. The quantitative estimate of drug-likeness (QED) is 0.323. The molecule has 1 aliphatic rings. The molecule has 3 rings (SSSR count). The summed E-state index contributed by atoms with van der Waals surface area (Å²) in [5.74, 6) is 1.01. The molecule has 0 aromatic heterocycles.